The van der Waals surface area contributed by atoms with Crippen molar-refractivity contribution in [1.82, 2.24) is 14.8 Å². The van der Waals surface area contributed by atoms with Crippen LogP contribution in [0.4, 0.5) is 0 Å². The van der Waals surface area contributed by atoms with Gasteiger partial charge in [-0.15, -0.1) is 0 Å². The van der Waals surface area contributed by atoms with Gasteiger partial charge in [0.25, 0.3) is 0 Å². The Morgan fingerprint density at radius 2 is 1.90 bits per heavy atom. The van der Waals surface area contributed by atoms with E-state index in [0.29, 0.717) is 18.5 Å². The van der Waals surface area contributed by atoms with Gasteiger partial charge in [0.15, 0.2) is 0 Å². The summed E-state index contributed by atoms with van der Waals surface area (Å²) >= 11 is 0. The Hall–Kier alpha value is -1.29. The van der Waals surface area contributed by atoms with Crippen molar-refractivity contribution in [1.29, 1.82) is 0 Å². The first-order chi connectivity index (χ1) is 10.1. The van der Waals surface area contributed by atoms with Crippen LogP contribution in [0, 0.1) is 5.92 Å². The zero-order valence-electron chi connectivity index (χ0n) is 13.6. The van der Waals surface area contributed by atoms with Crippen LogP contribution in [0.2, 0.25) is 0 Å². The maximum atomic E-state index is 12.4. The first kappa shape index (κ1) is 16.1. The number of nitrogens with zero attached hydrogens (tertiary/aromatic N) is 2. The second-order valence-electron chi connectivity index (χ2n) is 6.42. The molecule has 1 aromatic heterocycles. The van der Waals surface area contributed by atoms with Crippen LogP contribution in [-0.2, 0) is 11.3 Å². The Morgan fingerprint density at radius 1 is 1.24 bits per heavy atom. The van der Waals surface area contributed by atoms with E-state index in [4.69, 9.17) is 0 Å². The molecule has 1 atom stereocenters. The van der Waals surface area contributed by atoms with E-state index < -0.39 is 0 Å². The average molecular weight is 291 g/mol. The van der Waals surface area contributed by atoms with E-state index in [9.17, 15) is 4.79 Å². The summed E-state index contributed by atoms with van der Waals surface area (Å²) in [5, 5.41) is 3.35. The second kappa shape index (κ2) is 7.64. The zero-order chi connectivity index (χ0) is 15.2. The van der Waals surface area contributed by atoms with Crippen LogP contribution >= 0.6 is 0 Å². The molecule has 0 saturated carbocycles. The molecule has 118 valence electrons. The maximum absolute atomic E-state index is 12.4. The summed E-state index contributed by atoms with van der Waals surface area (Å²) in [4.78, 5) is 14.4. The Bertz CT molecular complexity index is 445. The number of likely N-dealkylation sites (tertiary alicyclic amines) is 1. The minimum absolute atomic E-state index is 0.254. The van der Waals surface area contributed by atoms with Crippen LogP contribution < -0.4 is 5.32 Å². The van der Waals surface area contributed by atoms with Crippen molar-refractivity contribution >= 4 is 5.91 Å². The highest BCUT2D eigenvalue weighted by Gasteiger charge is 2.18. The monoisotopic (exact) mass is 291 g/mol. The number of aromatic nitrogens is 1. The molecule has 4 nitrogen and oxygen atoms in total. The van der Waals surface area contributed by atoms with Gasteiger partial charge in [-0.1, -0.05) is 26.7 Å². The normalized spacial score (nSPS) is 17.8. The Labute approximate surface area is 128 Å². The molecule has 1 aromatic rings. The highest BCUT2D eigenvalue weighted by atomic mass is 16.2. The topological polar surface area (TPSA) is 37.3 Å². The molecule has 0 aromatic carbocycles. The molecule has 1 unspecified atom stereocenters. The van der Waals surface area contributed by atoms with Crippen LogP contribution in [0.25, 0.3) is 0 Å². The lowest BCUT2D eigenvalue weighted by molar-refractivity contribution is -0.131. The van der Waals surface area contributed by atoms with Gasteiger partial charge in [-0.25, -0.2) is 0 Å². The number of amides is 1. The number of rotatable bonds is 5. The van der Waals surface area contributed by atoms with Crippen LogP contribution in [-0.4, -0.2) is 35.5 Å². The second-order valence-corrected chi connectivity index (χ2v) is 6.42. The Morgan fingerprint density at radius 3 is 2.48 bits per heavy atom. The number of carbonyl (C=O) groups excluding carboxylic acids is 1. The smallest absolute Gasteiger partial charge is 0.242 e. The van der Waals surface area contributed by atoms with Crippen molar-refractivity contribution in [3.05, 3.63) is 24.0 Å². The van der Waals surface area contributed by atoms with Crippen molar-refractivity contribution in [3.8, 4) is 0 Å². The van der Waals surface area contributed by atoms with E-state index in [2.05, 4.69) is 31.4 Å². The molecule has 1 aliphatic rings. The van der Waals surface area contributed by atoms with Crippen molar-refractivity contribution in [2.24, 2.45) is 5.92 Å². The largest absolute Gasteiger partial charge is 0.345 e. The van der Waals surface area contributed by atoms with E-state index in [0.717, 1.165) is 25.9 Å². The number of hydrogen-bond donors (Lipinski definition) is 1. The minimum atomic E-state index is 0.254. The van der Waals surface area contributed by atoms with Crippen LogP contribution in [0.1, 0.15) is 51.1 Å². The van der Waals surface area contributed by atoms with Gasteiger partial charge < -0.3 is 14.8 Å². The number of hydrogen-bond acceptors (Lipinski definition) is 2. The average Bonchev–Trinajstić information content (AvgIpc) is 2.74. The lowest BCUT2D eigenvalue weighted by Crippen LogP contribution is -2.34. The fraction of sp³-hybridized carbons (Fsp3) is 0.706. The molecular formula is C17H29N3O. The van der Waals surface area contributed by atoms with E-state index in [1.54, 1.807) is 0 Å². The van der Waals surface area contributed by atoms with Crippen LogP contribution in [0.15, 0.2) is 18.5 Å². The molecule has 21 heavy (non-hydrogen) atoms. The number of nitrogens with one attached hydrogen (secondary N) is 1. The van der Waals surface area contributed by atoms with Crippen molar-refractivity contribution in [2.75, 3.05) is 20.1 Å². The molecule has 1 amide bonds. The first-order valence-electron chi connectivity index (χ1n) is 8.22. The van der Waals surface area contributed by atoms with E-state index in [1.807, 2.05) is 22.7 Å². The van der Waals surface area contributed by atoms with Gasteiger partial charge in [-0.3, -0.25) is 4.79 Å². The molecular weight excluding hydrogens is 262 g/mol. The van der Waals surface area contributed by atoms with Crippen molar-refractivity contribution in [3.63, 3.8) is 0 Å². The molecule has 0 aliphatic carbocycles. The molecule has 0 spiro atoms. The van der Waals surface area contributed by atoms with Gasteiger partial charge >= 0.3 is 0 Å². The molecule has 1 saturated heterocycles. The van der Waals surface area contributed by atoms with Gasteiger partial charge in [-0.05, 0) is 37.4 Å². The SMILES string of the molecule is CNC(c1ccn(CC(=O)N2CCCCCC2)c1)C(C)C. The standard InChI is InChI=1S/C17H29N3O/c1-14(2)17(18-3)15-8-11-19(12-15)13-16(21)20-9-6-4-5-7-10-20/h8,11-12,14,17-18H,4-7,9-10,13H2,1-3H3. The molecule has 0 bridgehead atoms. The quantitative estimate of drug-likeness (QED) is 0.906. The summed E-state index contributed by atoms with van der Waals surface area (Å²) in [5.41, 5.74) is 1.26. The third kappa shape index (κ3) is 4.34. The highest BCUT2D eigenvalue weighted by molar-refractivity contribution is 5.76. The van der Waals surface area contributed by atoms with Crippen molar-refractivity contribution in [2.45, 2.75) is 52.1 Å². The van der Waals surface area contributed by atoms with Gasteiger partial charge in [0.1, 0.15) is 6.54 Å². The Kier molecular flexibility index (Phi) is 5.85. The summed E-state index contributed by atoms with van der Waals surface area (Å²) < 4.78 is 2.02. The first-order valence-corrected chi connectivity index (χ1v) is 8.22. The maximum Gasteiger partial charge on any atom is 0.242 e. The lowest BCUT2D eigenvalue weighted by Gasteiger charge is -2.21. The lowest BCUT2D eigenvalue weighted by atomic mass is 9.99. The van der Waals surface area contributed by atoms with Gasteiger partial charge in [0.2, 0.25) is 5.91 Å². The molecule has 1 fully saturated rings. The zero-order valence-corrected chi connectivity index (χ0v) is 13.6. The van der Waals surface area contributed by atoms with E-state index >= 15 is 0 Å². The third-order valence-corrected chi connectivity index (χ3v) is 4.39. The number of carbonyl (C=O) groups is 1. The fourth-order valence-electron chi connectivity index (χ4n) is 3.20. The van der Waals surface area contributed by atoms with Gasteiger partial charge in [0.05, 0.1) is 0 Å². The fourth-order valence-corrected chi connectivity index (χ4v) is 3.20. The van der Waals surface area contributed by atoms with E-state index in [1.165, 1.54) is 18.4 Å². The van der Waals surface area contributed by atoms with Crippen LogP contribution in [0.3, 0.4) is 0 Å². The molecule has 1 aliphatic heterocycles. The molecule has 1 N–H and O–H groups in total. The highest BCUT2D eigenvalue weighted by Crippen LogP contribution is 2.21. The summed E-state index contributed by atoms with van der Waals surface area (Å²) in [6, 6.07) is 2.47. The summed E-state index contributed by atoms with van der Waals surface area (Å²) in [6.45, 7) is 6.74. The molecule has 4 heteroatoms. The van der Waals surface area contributed by atoms with Gasteiger partial charge in [0, 0.05) is 31.5 Å². The summed E-state index contributed by atoms with van der Waals surface area (Å²) in [7, 11) is 1.99. The predicted octanol–water partition coefficient (Wildman–Crippen LogP) is 2.81. The molecule has 0 radical (unpaired) electrons. The Balaban J connectivity index is 1.96. The predicted molar refractivity (Wildman–Crippen MR) is 86.1 cm³/mol. The van der Waals surface area contributed by atoms with Crippen molar-refractivity contribution < 1.29 is 4.79 Å². The minimum Gasteiger partial charge on any atom is -0.345 e. The van der Waals surface area contributed by atoms with E-state index in [-0.39, 0.29) is 5.91 Å². The third-order valence-electron chi connectivity index (χ3n) is 4.39. The van der Waals surface area contributed by atoms with Crippen LogP contribution in [0.5, 0.6) is 0 Å². The van der Waals surface area contributed by atoms with Gasteiger partial charge in [-0.2, -0.15) is 0 Å². The summed E-state index contributed by atoms with van der Waals surface area (Å²) in [5.74, 6) is 0.789. The molecule has 2 heterocycles. The molecule has 2 rings (SSSR count). The summed E-state index contributed by atoms with van der Waals surface area (Å²) in [6.07, 6.45) is 8.95.